The van der Waals surface area contributed by atoms with Crippen molar-refractivity contribution >= 4 is 17.3 Å². The molecule has 1 amide bonds. The van der Waals surface area contributed by atoms with Crippen LogP contribution < -0.4 is 24.8 Å². The van der Waals surface area contributed by atoms with Crippen LogP contribution in [0.25, 0.3) is 0 Å². The molecule has 0 heterocycles. The highest BCUT2D eigenvalue weighted by molar-refractivity contribution is 5.95. The highest BCUT2D eigenvalue weighted by Crippen LogP contribution is 2.24. The molecular formula is C25H28N2O4. The first-order valence-electron chi connectivity index (χ1n) is 10.3. The van der Waals surface area contributed by atoms with Gasteiger partial charge in [-0.2, -0.15) is 0 Å². The van der Waals surface area contributed by atoms with E-state index in [0.29, 0.717) is 24.7 Å². The van der Waals surface area contributed by atoms with E-state index < -0.39 is 0 Å². The number of anilines is 2. The van der Waals surface area contributed by atoms with E-state index in [4.69, 9.17) is 14.2 Å². The van der Waals surface area contributed by atoms with Crippen molar-refractivity contribution in [2.45, 2.75) is 20.0 Å². The molecule has 6 heteroatoms. The first kappa shape index (κ1) is 22.0. The van der Waals surface area contributed by atoms with E-state index in [1.54, 1.807) is 0 Å². The third-order valence-electron chi connectivity index (χ3n) is 4.19. The Morgan fingerprint density at radius 2 is 1.48 bits per heavy atom. The van der Waals surface area contributed by atoms with Crippen molar-refractivity contribution in [3.05, 3.63) is 78.9 Å². The van der Waals surface area contributed by atoms with E-state index >= 15 is 0 Å². The number of nitrogens with one attached hydrogen (secondary N) is 2. The van der Waals surface area contributed by atoms with Crippen LogP contribution in [0.5, 0.6) is 17.2 Å². The lowest BCUT2D eigenvalue weighted by Crippen LogP contribution is -2.22. The number of carbonyl (C=O) groups excluding carboxylic acids is 1. The predicted molar refractivity (Wildman–Crippen MR) is 123 cm³/mol. The Morgan fingerprint density at radius 1 is 0.806 bits per heavy atom. The third kappa shape index (κ3) is 7.59. The Kier molecular flexibility index (Phi) is 8.17. The molecule has 0 radical (unpaired) electrons. The zero-order chi connectivity index (χ0) is 21.9. The van der Waals surface area contributed by atoms with Crippen LogP contribution in [0.4, 0.5) is 11.4 Å². The van der Waals surface area contributed by atoms with Crippen LogP contribution in [-0.2, 0) is 4.79 Å². The molecule has 0 saturated heterocycles. The van der Waals surface area contributed by atoms with Crippen LogP contribution >= 0.6 is 0 Å². The van der Waals surface area contributed by atoms with Crippen molar-refractivity contribution in [1.29, 1.82) is 0 Å². The Hall–Kier alpha value is -3.67. The molecule has 0 unspecified atom stereocenters. The van der Waals surface area contributed by atoms with E-state index in [-0.39, 0.29) is 18.6 Å². The smallest absolute Gasteiger partial charge is 0.243 e. The number of hydrogen-bond acceptors (Lipinski definition) is 5. The molecular weight excluding hydrogens is 392 g/mol. The van der Waals surface area contributed by atoms with Gasteiger partial charge >= 0.3 is 0 Å². The maximum atomic E-state index is 12.4. The second-order valence-electron chi connectivity index (χ2n) is 7.10. The zero-order valence-corrected chi connectivity index (χ0v) is 17.8. The van der Waals surface area contributed by atoms with Gasteiger partial charge in [-0.25, -0.2) is 0 Å². The number of ether oxygens (including phenoxy) is 3. The Bertz CT molecular complexity index is 943. The lowest BCUT2D eigenvalue weighted by Gasteiger charge is -2.14. The van der Waals surface area contributed by atoms with Gasteiger partial charge in [-0.3, -0.25) is 4.79 Å². The van der Waals surface area contributed by atoms with Crippen molar-refractivity contribution in [2.24, 2.45) is 0 Å². The molecule has 0 aliphatic rings. The van der Waals surface area contributed by atoms with Gasteiger partial charge in [-0.1, -0.05) is 30.3 Å². The standard InChI is InChI=1S/C25H28N2O4/c1-19(2)31-22-14-12-20(13-15-22)26-18-25(28)27-23-10-6-7-11-24(23)30-17-16-29-21-8-4-3-5-9-21/h3-15,19,26H,16-18H2,1-2H3,(H,27,28). The highest BCUT2D eigenvalue weighted by atomic mass is 16.5. The maximum absolute atomic E-state index is 12.4. The second-order valence-corrected chi connectivity index (χ2v) is 7.10. The van der Waals surface area contributed by atoms with Gasteiger partial charge in [0, 0.05) is 5.69 Å². The number of hydrogen-bond donors (Lipinski definition) is 2. The lowest BCUT2D eigenvalue weighted by atomic mass is 10.3. The monoisotopic (exact) mass is 420 g/mol. The highest BCUT2D eigenvalue weighted by Gasteiger charge is 2.08. The Balaban J connectivity index is 1.45. The van der Waals surface area contributed by atoms with Crippen molar-refractivity contribution in [3.63, 3.8) is 0 Å². The minimum atomic E-state index is -0.168. The van der Waals surface area contributed by atoms with Crippen LogP contribution in [0.1, 0.15) is 13.8 Å². The van der Waals surface area contributed by atoms with Crippen LogP contribution in [0.3, 0.4) is 0 Å². The topological polar surface area (TPSA) is 68.8 Å². The predicted octanol–water partition coefficient (Wildman–Crippen LogP) is 4.98. The Labute approximate surface area is 183 Å². The molecule has 3 aromatic carbocycles. The van der Waals surface area contributed by atoms with Crippen molar-refractivity contribution < 1.29 is 19.0 Å². The van der Waals surface area contributed by atoms with E-state index in [1.165, 1.54) is 0 Å². The van der Waals surface area contributed by atoms with Gasteiger partial charge in [0.1, 0.15) is 30.5 Å². The minimum Gasteiger partial charge on any atom is -0.491 e. The van der Waals surface area contributed by atoms with Gasteiger partial charge in [0.2, 0.25) is 5.91 Å². The fraction of sp³-hybridized carbons (Fsp3) is 0.240. The summed E-state index contributed by atoms with van der Waals surface area (Å²) in [5, 5.41) is 5.99. The number of carbonyl (C=O) groups is 1. The fourth-order valence-electron chi connectivity index (χ4n) is 2.82. The van der Waals surface area contributed by atoms with E-state index in [2.05, 4.69) is 10.6 Å². The van der Waals surface area contributed by atoms with Crippen LogP contribution in [0, 0.1) is 0 Å². The van der Waals surface area contributed by atoms with Crippen LogP contribution in [-0.4, -0.2) is 31.8 Å². The maximum Gasteiger partial charge on any atom is 0.243 e. The molecule has 2 N–H and O–H groups in total. The molecule has 3 rings (SSSR count). The molecule has 31 heavy (non-hydrogen) atoms. The van der Waals surface area contributed by atoms with Gasteiger partial charge in [0.25, 0.3) is 0 Å². The molecule has 162 valence electrons. The summed E-state index contributed by atoms with van der Waals surface area (Å²) < 4.78 is 17.1. The number of rotatable bonds is 11. The molecule has 0 saturated carbocycles. The summed E-state index contributed by atoms with van der Waals surface area (Å²) in [7, 11) is 0. The molecule has 0 atom stereocenters. The summed E-state index contributed by atoms with van der Waals surface area (Å²) in [6, 6.07) is 24.4. The lowest BCUT2D eigenvalue weighted by molar-refractivity contribution is -0.114. The van der Waals surface area contributed by atoms with Crippen molar-refractivity contribution in [2.75, 3.05) is 30.4 Å². The van der Waals surface area contributed by atoms with Crippen molar-refractivity contribution in [3.8, 4) is 17.2 Å². The minimum absolute atomic E-state index is 0.122. The van der Waals surface area contributed by atoms with Gasteiger partial charge in [0.05, 0.1) is 18.3 Å². The van der Waals surface area contributed by atoms with Crippen LogP contribution in [0.2, 0.25) is 0 Å². The average molecular weight is 421 g/mol. The van der Waals surface area contributed by atoms with Gasteiger partial charge < -0.3 is 24.8 Å². The first-order chi connectivity index (χ1) is 15.1. The summed E-state index contributed by atoms with van der Waals surface area (Å²) in [6.45, 7) is 4.87. The first-order valence-corrected chi connectivity index (χ1v) is 10.3. The fourth-order valence-corrected chi connectivity index (χ4v) is 2.82. The van der Waals surface area contributed by atoms with Crippen molar-refractivity contribution in [1.82, 2.24) is 0 Å². The SMILES string of the molecule is CC(C)Oc1ccc(NCC(=O)Nc2ccccc2OCCOc2ccccc2)cc1. The van der Waals surface area contributed by atoms with Gasteiger partial charge in [-0.15, -0.1) is 0 Å². The number of benzene rings is 3. The largest absolute Gasteiger partial charge is 0.491 e. The molecule has 0 aliphatic heterocycles. The molecule has 3 aromatic rings. The van der Waals surface area contributed by atoms with Crippen LogP contribution in [0.15, 0.2) is 78.9 Å². The molecule has 0 aliphatic carbocycles. The molecule has 0 aromatic heterocycles. The molecule has 6 nitrogen and oxygen atoms in total. The molecule has 0 bridgehead atoms. The summed E-state index contributed by atoms with van der Waals surface area (Å²) in [6.07, 6.45) is 0.122. The average Bonchev–Trinajstić information content (AvgIpc) is 2.77. The molecule has 0 spiro atoms. The Morgan fingerprint density at radius 3 is 2.23 bits per heavy atom. The zero-order valence-electron chi connectivity index (χ0n) is 17.8. The summed E-state index contributed by atoms with van der Waals surface area (Å²) in [5.74, 6) is 2.02. The molecule has 0 fully saturated rings. The van der Waals surface area contributed by atoms with E-state index in [9.17, 15) is 4.79 Å². The normalized spacial score (nSPS) is 10.4. The van der Waals surface area contributed by atoms with E-state index in [0.717, 1.165) is 17.2 Å². The number of para-hydroxylation sites is 3. The quantitative estimate of drug-likeness (QED) is 0.428. The third-order valence-corrected chi connectivity index (χ3v) is 4.19. The second kappa shape index (κ2) is 11.5. The van der Waals surface area contributed by atoms with Gasteiger partial charge in [-0.05, 0) is 62.4 Å². The summed E-state index contributed by atoms with van der Waals surface area (Å²) in [5.41, 5.74) is 1.46. The summed E-state index contributed by atoms with van der Waals surface area (Å²) >= 11 is 0. The summed E-state index contributed by atoms with van der Waals surface area (Å²) in [4.78, 5) is 12.4. The number of amides is 1. The van der Waals surface area contributed by atoms with Gasteiger partial charge in [0.15, 0.2) is 0 Å². The van der Waals surface area contributed by atoms with E-state index in [1.807, 2.05) is 92.7 Å².